The molecule has 3 nitrogen and oxygen atoms in total. The van der Waals surface area contributed by atoms with Crippen molar-refractivity contribution in [3.63, 3.8) is 0 Å². The van der Waals surface area contributed by atoms with E-state index in [0.717, 1.165) is 38.5 Å². The molecule has 114 valence electrons. The highest BCUT2D eigenvalue weighted by atomic mass is 16.3. The quantitative estimate of drug-likeness (QED) is 0.897. The average Bonchev–Trinajstić information content (AvgIpc) is 2.55. The van der Waals surface area contributed by atoms with Gasteiger partial charge < -0.3 is 10.4 Å². The lowest BCUT2D eigenvalue weighted by molar-refractivity contribution is -0.126. The fraction of sp³-hybridized carbons (Fsp3) is 0.611. The summed E-state index contributed by atoms with van der Waals surface area (Å²) in [6, 6.07) is 8.63. The van der Waals surface area contributed by atoms with Gasteiger partial charge in [-0.2, -0.15) is 0 Å². The predicted octanol–water partition coefficient (Wildman–Crippen LogP) is 2.46. The maximum absolute atomic E-state index is 12.5. The number of fused-ring (bicyclic) bond motifs is 1. The lowest BCUT2D eigenvalue weighted by atomic mass is 9.81. The summed E-state index contributed by atoms with van der Waals surface area (Å²) in [6.45, 7) is 0.193. The number of aliphatic hydroxyl groups excluding tert-OH is 1. The third kappa shape index (κ3) is 3.29. The van der Waals surface area contributed by atoms with Crippen LogP contribution in [0.25, 0.3) is 0 Å². The molecular formula is C18H25NO2. The van der Waals surface area contributed by atoms with E-state index >= 15 is 0 Å². The zero-order valence-corrected chi connectivity index (χ0v) is 12.6. The van der Waals surface area contributed by atoms with Gasteiger partial charge >= 0.3 is 0 Å². The summed E-state index contributed by atoms with van der Waals surface area (Å²) in [5.74, 6) is 0.537. The average molecular weight is 287 g/mol. The van der Waals surface area contributed by atoms with E-state index in [-0.39, 0.29) is 30.4 Å². The Labute approximate surface area is 126 Å². The van der Waals surface area contributed by atoms with Crippen LogP contribution in [0.3, 0.4) is 0 Å². The second-order valence-corrected chi connectivity index (χ2v) is 6.55. The summed E-state index contributed by atoms with van der Waals surface area (Å²) in [5, 5.41) is 12.7. The van der Waals surface area contributed by atoms with Crippen LogP contribution < -0.4 is 5.32 Å². The fourth-order valence-corrected chi connectivity index (χ4v) is 3.84. The van der Waals surface area contributed by atoms with Crippen LogP contribution in [0.2, 0.25) is 0 Å². The van der Waals surface area contributed by atoms with Gasteiger partial charge in [-0.3, -0.25) is 4.79 Å². The normalized spacial score (nSPS) is 28.7. The first-order valence-corrected chi connectivity index (χ1v) is 8.26. The Morgan fingerprint density at radius 1 is 1.14 bits per heavy atom. The molecule has 3 rings (SSSR count). The molecule has 0 bridgehead atoms. The predicted molar refractivity (Wildman–Crippen MR) is 82.9 cm³/mol. The van der Waals surface area contributed by atoms with E-state index in [1.54, 1.807) is 0 Å². The van der Waals surface area contributed by atoms with Gasteiger partial charge in [0.25, 0.3) is 0 Å². The molecule has 3 atom stereocenters. The summed E-state index contributed by atoms with van der Waals surface area (Å²) in [4.78, 5) is 12.5. The van der Waals surface area contributed by atoms with Crippen molar-refractivity contribution in [1.82, 2.24) is 5.32 Å². The SMILES string of the molecule is O=C(NC1CCCCC1CO)C1CCc2ccccc2C1. The zero-order chi connectivity index (χ0) is 14.7. The van der Waals surface area contributed by atoms with Crippen molar-refractivity contribution < 1.29 is 9.90 Å². The van der Waals surface area contributed by atoms with Gasteiger partial charge in [0.05, 0.1) is 0 Å². The lowest BCUT2D eigenvalue weighted by Gasteiger charge is -2.33. The molecule has 0 spiro atoms. The van der Waals surface area contributed by atoms with Crippen molar-refractivity contribution in [2.75, 3.05) is 6.61 Å². The summed E-state index contributed by atoms with van der Waals surface area (Å²) < 4.78 is 0. The van der Waals surface area contributed by atoms with Crippen LogP contribution >= 0.6 is 0 Å². The second-order valence-electron chi connectivity index (χ2n) is 6.55. The zero-order valence-electron chi connectivity index (χ0n) is 12.6. The van der Waals surface area contributed by atoms with Crippen molar-refractivity contribution in [1.29, 1.82) is 0 Å². The molecule has 1 aromatic carbocycles. The van der Waals surface area contributed by atoms with Gasteiger partial charge in [-0.25, -0.2) is 0 Å². The number of benzene rings is 1. The van der Waals surface area contributed by atoms with Gasteiger partial charge in [-0.05, 0) is 43.2 Å². The van der Waals surface area contributed by atoms with Gasteiger partial charge in [0.2, 0.25) is 5.91 Å². The maximum Gasteiger partial charge on any atom is 0.223 e. The Balaban J connectivity index is 1.61. The Morgan fingerprint density at radius 2 is 1.90 bits per heavy atom. The third-order valence-corrected chi connectivity index (χ3v) is 5.19. The van der Waals surface area contributed by atoms with Crippen LogP contribution in [-0.4, -0.2) is 23.7 Å². The maximum atomic E-state index is 12.5. The highest BCUT2D eigenvalue weighted by Crippen LogP contribution is 2.28. The van der Waals surface area contributed by atoms with E-state index in [0.29, 0.717) is 0 Å². The molecular weight excluding hydrogens is 262 g/mol. The van der Waals surface area contributed by atoms with Crippen molar-refractivity contribution in [2.45, 2.75) is 51.0 Å². The molecule has 3 unspecified atom stereocenters. The number of aliphatic hydroxyl groups is 1. The molecule has 0 heterocycles. The molecule has 2 N–H and O–H groups in total. The number of amides is 1. The lowest BCUT2D eigenvalue weighted by Crippen LogP contribution is -2.46. The molecule has 1 amide bonds. The van der Waals surface area contributed by atoms with E-state index in [9.17, 15) is 9.90 Å². The monoisotopic (exact) mass is 287 g/mol. The molecule has 3 heteroatoms. The van der Waals surface area contributed by atoms with Gasteiger partial charge in [0.15, 0.2) is 0 Å². The van der Waals surface area contributed by atoms with E-state index in [1.807, 2.05) is 0 Å². The summed E-state index contributed by atoms with van der Waals surface area (Å²) in [5.41, 5.74) is 2.72. The number of nitrogens with one attached hydrogen (secondary N) is 1. The standard InChI is InChI=1S/C18H25NO2/c20-12-16-7-3-4-8-17(16)19-18(21)15-10-9-13-5-1-2-6-14(13)11-15/h1-2,5-6,15-17,20H,3-4,7-12H2,(H,19,21). The van der Waals surface area contributed by atoms with E-state index in [1.165, 1.54) is 17.5 Å². The largest absolute Gasteiger partial charge is 0.396 e. The van der Waals surface area contributed by atoms with Gasteiger partial charge in [0, 0.05) is 24.5 Å². The summed E-state index contributed by atoms with van der Waals surface area (Å²) >= 11 is 0. The van der Waals surface area contributed by atoms with E-state index in [4.69, 9.17) is 0 Å². The molecule has 21 heavy (non-hydrogen) atoms. The molecule has 0 aliphatic heterocycles. The molecule has 1 fully saturated rings. The third-order valence-electron chi connectivity index (χ3n) is 5.19. The minimum absolute atomic E-state index is 0.0983. The van der Waals surface area contributed by atoms with Crippen LogP contribution in [0.5, 0.6) is 0 Å². The summed E-state index contributed by atoms with van der Waals surface area (Å²) in [6.07, 6.45) is 7.19. The molecule has 0 aromatic heterocycles. The fourth-order valence-electron chi connectivity index (χ4n) is 3.84. The molecule has 2 aliphatic carbocycles. The Morgan fingerprint density at radius 3 is 2.71 bits per heavy atom. The van der Waals surface area contributed by atoms with Gasteiger partial charge in [-0.15, -0.1) is 0 Å². The Bertz CT molecular complexity index is 500. The first-order valence-electron chi connectivity index (χ1n) is 8.26. The number of rotatable bonds is 3. The van der Waals surface area contributed by atoms with Gasteiger partial charge in [-0.1, -0.05) is 37.1 Å². The number of aryl methyl sites for hydroxylation is 1. The number of hydrogen-bond donors (Lipinski definition) is 2. The van der Waals surface area contributed by atoms with E-state index < -0.39 is 0 Å². The van der Waals surface area contributed by atoms with E-state index in [2.05, 4.69) is 29.6 Å². The van der Waals surface area contributed by atoms with Crippen molar-refractivity contribution >= 4 is 5.91 Å². The first-order chi connectivity index (χ1) is 10.3. The number of carbonyl (C=O) groups is 1. The second kappa shape index (κ2) is 6.61. The molecule has 0 saturated heterocycles. The minimum atomic E-state index is 0.0983. The van der Waals surface area contributed by atoms with Crippen LogP contribution in [0.15, 0.2) is 24.3 Å². The smallest absolute Gasteiger partial charge is 0.223 e. The highest BCUT2D eigenvalue weighted by molar-refractivity contribution is 5.79. The van der Waals surface area contributed by atoms with Gasteiger partial charge in [0.1, 0.15) is 0 Å². The number of hydrogen-bond acceptors (Lipinski definition) is 2. The molecule has 1 saturated carbocycles. The Hall–Kier alpha value is -1.35. The topological polar surface area (TPSA) is 49.3 Å². The number of carbonyl (C=O) groups excluding carboxylic acids is 1. The minimum Gasteiger partial charge on any atom is -0.396 e. The summed E-state index contributed by atoms with van der Waals surface area (Å²) in [7, 11) is 0. The van der Waals surface area contributed by atoms with Crippen LogP contribution in [-0.2, 0) is 17.6 Å². The highest BCUT2D eigenvalue weighted by Gasteiger charge is 2.30. The van der Waals surface area contributed by atoms with Crippen LogP contribution in [0, 0.1) is 11.8 Å². The Kier molecular flexibility index (Phi) is 4.59. The van der Waals surface area contributed by atoms with Crippen molar-refractivity contribution in [3.05, 3.63) is 35.4 Å². The van der Waals surface area contributed by atoms with Crippen LogP contribution in [0.4, 0.5) is 0 Å². The van der Waals surface area contributed by atoms with Crippen molar-refractivity contribution in [2.24, 2.45) is 11.8 Å². The van der Waals surface area contributed by atoms with Crippen LogP contribution in [0.1, 0.15) is 43.2 Å². The molecule has 2 aliphatic rings. The van der Waals surface area contributed by atoms with Crippen molar-refractivity contribution in [3.8, 4) is 0 Å². The molecule has 1 aromatic rings. The first kappa shape index (κ1) is 14.6. The molecule has 0 radical (unpaired) electrons.